The SMILES string of the molecule is Cc1cc(CNc2ccccc2S(C)=O)c2cc(C34CC(C(F)F)(C3)C4)n(C)c(=O)c2c1. The van der Waals surface area contributed by atoms with Gasteiger partial charge in [0.2, 0.25) is 6.43 Å². The molecule has 0 saturated heterocycles. The summed E-state index contributed by atoms with van der Waals surface area (Å²) in [5, 5.41) is 4.87. The number of pyridine rings is 1. The van der Waals surface area contributed by atoms with Crippen LogP contribution in [-0.2, 0) is 29.8 Å². The largest absolute Gasteiger partial charge is 0.380 e. The number of rotatable bonds is 6. The Balaban J connectivity index is 1.55. The van der Waals surface area contributed by atoms with Crippen molar-refractivity contribution in [2.45, 2.75) is 49.5 Å². The first-order valence-corrected chi connectivity index (χ1v) is 12.3. The fourth-order valence-corrected chi connectivity index (χ4v) is 6.54. The van der Waals surface area contributed by atoms with Gasteiger partial charge in [0.15, 0.2) is 0 Å². The summed E-state index contributed by atoms with van der Waals surface area (Å²) in [5.41, 5.74) is 2.36. The van der Waals surface area contributed by atoms with E-state index in [2.05, 4.69) is 5.32 Å². The fraction of sp³-hybridized carbons (Fsp3) is 0.400. The van der Waals surface area contributed by atoms with Gasteiger partial charge in [0.1, 0.15) is 0 Å². The van der Waals surface area contributed by atoms with E-state index in [0.29, 0.717) is 31.2 Å². The van der Waals surface area contributed by atoms with Gasteiger partial charge in [-0.05, 0) is 67.0 Å². The number of hydrogen-bond donors (Lipinski definition) is 1. The van der Waals surface area contributed by atoms with Gasteiger partial charge in [0, 0.05) is 41.8 Å². The van der Waals surface area contributed by atoms with Crippen LogP contribution < -0.4 is 10.9 Å². The topological polar surface area (TPSA) is 51.1 Å². The Morgan fingerprint density at radius 3 is 2.47 bits per heavy atom. The highest BCUT2D eigenvalue weighted by Crippen LogP contribution is 2.75. The van der Waals surface area contributed by atoms with E-state index in [-0.39, 0.29) is 11.0 Å². The number of para-hydroxylation sites is 1. The normalized spacial score (nSPS) is 24.8. The van der Waals surface area contributed by atoms with Gasteiger partial charge in [0.25, 0.3) is 5.56 Å². The summed E-state index contributed by atoms with van der Waals surface area (Å²) in [6, 6.07) is 13.5. The summed E-state index contributed by atoms with van der Waals surface area (Å²) < 4.78 is 40.5. The molecule has 1 N–H and O–H groups in total. The van der Waals surface area contributed by atoms with E-state index < -0.39 is 22.6 Å². The zero-order chi connectivity index (χ0) is 22.8. The number of aromatic nitrogens is 1. The average molecular weight is 457 g/mol. The molecule has 0 radical (unpaired) electrons. The van der Waals surface area contributed by atoms with Gasteiger partial charge in [-0.2, -0.15) is 0 Å². The second-order valence-electron chi connectivity index (χ2n) is 9.56. The maximum Gasteiger partial charge on any atom is 0.258 e. The smallest absolute Gasteiger partial charge is 0.258 e. The van der Waals surface area contributed by atoms with Crippen LogP contribution in [0.25, 0.3) is 10.8 Å². The van der Waals surface area contributed by atoms with Crippen molar-refractivity contribution in [3.63, 3.8) is 0 Å². The third-order valence-electron chi connectivity index (χ3n) is 7.33. The van der Waals surface area contributed by atoms with Crippen molar-refractivity contribution >= 4 is 27.3 Å². The first kappa shape index (κ1) is 21.3. The molecule has 2 aromatic carbocycles. The highest BCUT2D eigenvalue weighted by atomic mass is 32.2. The van der Waals surface area contributed by atoms with Crippen LogP contribution in [0, 0.1) is 12.3 Å². The molecule has 4 nitrogen and oxygen atoms in total. The lowest BCUT2D eigenvalue weighted by molar-refractivity contribution is -0.224. The minimum absolute atomic E-state index is 0.0895. The van der Waals surface area contributed by atoms with Gasteiger partial charge in [-0.15, -0.1) is 0 Å². The number of halogens is 2. The summed E-state index contributed by atoms with van der Waals surface area (Å²) in [6.07, 6.45) is 0.700. The Morgan fingerprint density at radius 1 is 1.12 bits per heavy atom. The maximum atomic E-state index is 13.4. The van der Waals surface area contributed by atoms with Crippen molar-refractivity contribution in [3.05, 3.63) is 69.6 Å². The van der Waals surface area contributed by atoms with Gasteiger partial charge < -0.3 is 9.88 Å². The quantitative estimate of drug-likeness (QED) is 0.575. The third kappa shape index (κ3) is 3.04. The van der Waals surface area contributed by atoms with E-state index in [4.69, 9.17) is 0 Å². The van der Waals surface area contributed by atoms with E-state index in [1.165, 1.54) is 0 Å². The molecular weight excluding hydrogens is 430 g/mol. The fourth-order valence-electron chi connectivity index (χ4n) is 5.82. The Morgan fingerprint density at radius 2 is 1.81 bits per heavy atom. The lowest BCUT2D eigenvalue weighted by Crippen LogP contribution is -2.68. The molecule has 1 aromatic heterocycles. The number of nitrogens with zero attached hydrogens (tertiary/aromatic N) is 1. The minimum atomic E-state index is -2.30. The molecule has 3 fully saturated rings. The molecule has 168 valence electrons. The van der Waals surface area contributed by atoms with Crippen LogP contribution >= 0.6 is 0 Å². The highest BCUT2D eigenvalue weighted by molar-refractivity contribution is 7.84. The highest BCUT2D eigenvalue weighted by Gasteiger charge is 2.73. The Bertz CT molecular complexity index is 1310. The molecule has 32 heavy (non-hydrogen) atoms. The van der Waals surface area contributed by atoms with E-state index in [0.717, 1.165) is 32.8 Å². The Kier molecular flexibility index (Phi) is 4.82. The molecule has 3 aliphatic carbocycles. The molecular formula is C25H26F2N2O2S. The van der Waals surface area contributed by atoms with Crippen molar-refractivity contribution in [2.75, 3.05) is 11.6 Å². The molecule has 1 unspecified atom stereocenters. The molecule has 0 spiro atoms. The predicted octanol–water partition coefficient (Wildman–Crippen LogP) is 4.88. The third-order valence-corrected chi connectivity index (χ3v) is 8.31. The molecule has 3 saturated carbocycles. The van der Waals surface area contributed by atoms with E-state index in [9.17, 15) is 17.8 Å². The van der Waals surface area contributed by atoms with Crippen LogP contribution in [0.5, 0.6) is 0 Å². The Labute approximate surface area is 188 Å². The molecule has 3 aromatic rings. The van der Waals surface area contributed by atoms with Crippen LogP contribution in [0.4, 0.5) is 14.5 Å². The molecule has 0 amide bonds. The summed E-state index contributed by atoms with van der Waals surface area (Å²) >= 11 is 0. The van der Waals surface area contributed by atoms with E-state index >= 15 is 0 Å². The van der Waals surface area contributed by atoms with Crippen LogP contribution in [0.15, 0.2) is 52.2 Å². The van der Waals surface area contributed by atoms with Gasteiger partial charge >= 0.3 is 0 Å². The molecule has 1 atom stereocenters. The molecule has 1 heterocycles. The van der Waals surface area contributed by atoms with E-state index in [1.54, 1.807) is 17.9 Å². The van der Waals surface area contributed by atoms with Gasteiger partial charge in [-0.3, -0.25) is 9.00 Å². The monoisotopic (exact) mass is 456 g/mol. The lowest BCUT2D eigenvalue weighted by Gasteiger charge is -2.70. The van der Waals surface area contributed by atoms with Crippen molar-refractivity contribution in [1.29, 1.82) is 0 Å². The van der Waals surface area contributed by atoms with Crippen molar-refractivity contribution in [3.8, 4) is 0 Å². The van der Waals surface area contributed by atoms with Crippen LogP contribution in [0.1, 0.15) is 36.1 Å². The molecule has 7 heteroatoms. The summed E-state index contributed by atoms with van der Waals surface area (Å²) in [5.74, 6) is 0. The second kappa shape index (κ2) is 7.24. The number of nitrogens with one attached hydrogen (secondary N) is 1. The number of anilines is 1. The van der Waals surface area contributed by atoms with Crippen molar-refractivity contribution in [2.24, 2.45) is 12.5 Å². The number of fused-ring (bicyclic) bond motifs is 1. The number of alkyl halides is 2. The molecule has 2 bridgehead atoms. The van der Waals surface area contributed by atoms with Gasteiger partial charge in [0.05, 0.1) is 21.4 Å². The zero-order valence-corrected chi connectivity index (χ0v) is 19.2. The standard InChI is InChI=1S/C25H26F2N2O2S/c1-15-8-16(11-28-19-6-4-5-7-20(19)32(3)31)17-10-21(29(2)22(30)18(17)9-15)24-12-25(13-24,14-24)23(26)27/h4-10,23,28H,11-14H2,1-3H3. The van der Waals surface area contributed by atoms with Gasteiger partial charge in [-0.25, -0.2) is 8.78 Å². The second-order valence-corrected chi connectivity index (χ2v) is 10.9. The molecule has 6 rings (SSSR count). The summed E-state index contributed by atoms with van der Waals surface area (Å²) in [4.78, 5) is 14.0. The first-order valence-electron chi connectivity index (χ1n) is 10.7. The van der Waals surface area contributed by atoms with Crippen LogP contribution in [0.2, 0.25) is 0 Å². The summed E-state index contributed by atoms with van der Waals surface area (Å²) in [6.45, 7) is 2.42. The van der Waals surface area contributed by atoms with Crippen LogP contribution in [0.3, 0.4) is 0 Å². The predicted molar refractivity (Wildman–Crippen MR) is 124 cm³/mol. The first-order chi connectivity index (χ1) is 15.2. The van der Waals surface area contributed by atoms with Crippen LogP contribution in [-0.4, -0.2) is 21.5 Å². The minimum Gasteiger partial charge on any atom is -0.380 e. The number of aryl methyl sites for hydroxylation is 1. The average Bonchev–Trinajstić information content (AvgIpc) is 2.68. The van der Waals surface area contributed by atoms with Crippen molar-refractivity contribution < 1.29 is 13.0 Å². The van der Waals surface area contributed by atoms with E-state index in [1.807, 2.05) is 49.4 Å². The molecule has 3 aliphatic rings. The number of hydrogen-bond acceptors (Lipinski definition) is 3. The van der Waals surface area contributed by atoms with Crippen molar-refractivity contribution in [1.82, 2.24) is 4.57 Å². The number of benzene rings is 2. The molecule has 0 aliphatic heterocycles. The summed E-state index contributed by atoms with van der Waals surface area (Å²) in [7, 11) is 0.624. The van der Waals surface area contributed by atoms with Gasteiger partial charge in [-0.1, -0.05) is 18.2 Å². The maximum absolute atomic E-state index is 13.4. The zero-order valence-electron chi connectivity index (χ0n) is 18.4. The lowest BCUT2D eigenvalue weighted by atomic mass is 9.34. The Hall–Kier alpha value is -2.54.